The Labute approximate surface area is 131 Å². The molecule has 1 atom stereocenters. The molecule has 0 amide bonds. The summed E-state index contributed by atoms with van der Waals surface area (Å²) in [5.74, 6) is 1.46. The minimum atomic E-state index is -2.95. The summed E-state index contributed by atoms with van der Waals surface area (Å²) < 4.78 is 27.7. The number of rotatable bonds is 10. The predicted molar refractivity (Wildman–Crippen MR) is 85.3 cm³/mol. The Morgan fingerprint density at radius 1 is 1.33 bits per heavy atom. The molecule has 2 fully saturated rings. The lowest BCUT2D eigenvalue weighted by atomic mass is 9.95. The van der Waals surface area contributed by atoms with Crippen LogP contribution < -0.4 is 5.32 Å². The first-order valence-electron chi connectivity index (χ1n) is 7.58. The van der Waals surface area contributed by atoms with Crippen molar-refractivity contribution in [2.24, 2.45) is 5.92 Å². The Kier molecular flexibility index (Phi) is 5.59. The van der Waals surface area contributed by atoms with E-state index in [2.05, 4.69) is 5.32 Å². The number of carbonyl (C=O) groups excluding carboxylic acids is 1. The van der Waals surface area contributed by atoms with Gasteiger partial charge >= 0.3 is 5.97 Å². The van der Waals surface area contributed by atoms with Crippen molar-refractivity contribution in [3.8, 4) is 0 Å². The third-order valence-electron chi connectivity index (χ3n) is 3.88. The molecule has 2 rings (SSSR count). The highest BCUT2D eigenvalue weighted by Gasteiger charge is 2.53. The standard InChI is InChI=1S/C14H25NO4S2/c1-3-19-13(16)14(11-4-5-11,15-12-6-7-12)10-20-8-9-21(2,17)18/h11-12,15H,3-10H2,1-2H3. The molecule has 0 spiro atoms. The first-order valence-corrected chi connectivity index (χ1v) is 10.8. The smallest absolute Gasteiger partial charge is 0.327 e. The van der Waals surface area contributed by atoms with E-state index in [0.717, 1.165) is 25.7 Å². The first kappa shape index (κ1) is 17.1. The largest absolute Gasteiger partial charge is 0.465 e. The molecule has 0 radical (unpaired) electrons. The van der Waals surface area contributed by atoms with Crippen LogP contribution in [0, 0.1) is 5.92 Å². The van der Waals surface area contributed by atoms with Crippen molar-refractivity contribution in [3.05, 3.63) is 0 Å². The normalized spacial score (nSPS) is 21.8. The SMILES string of the molecule is CCOC(=O)C(CSCCS(C)(=O)=O)(NC1CC1)C1CC1. The number of thioether (sulfide) groups is 1. The first-order chi connectivity index (χ1) is 9.87. The maximum Gasteiger partial charge on any atom is 0.327 e. The van der Waals surface area contributed by atoms with E-state index in [4.69, 9.17) is 4.74 Å². The van der Waals surface area contributed by atoms with Crippen LogP contribution in [-0.2, 0) is 19.4 Å². The molecule has 2 aliphatic rings. The molecule has 0 heterocycles. The van der Waals surface area contributed by atoms with E-state index in [0.29, 0.717) is 30.1 Å². The van der Waals surface area contributed by atoms with Gasteiger partial charge in [-0.2, -0.15) is 11.8 Å². The van der Waals surface area contributed by atoms with E-state index in [1.807, 2.05) is 6.92 Å². The maximum absolute atomic E-state index is 12.5. The van der Waals surface area contributed by atoms with Gasteiger partial charge in [-0.1, -0.05) is 0 Å². The fourth-order valence-corrected chi connectivity index (χ4v) is 5.02. The Morgan fingerprint density at radius 2 is 2.00 bits per heavy atom. The summed E-state index contributed by atoms with van der Waals surface area (Å²) in [6.07, 6.45) is 5.57. The topological polar surface area (TPSA) is 72.5 Å². The highest BCUT2D eigenvalue weighted by molar-refractivity contribution is 8.00. The quantitative estimate of drug-likeness (QED) is 0.478. The van der Waals surface area contributed by atoms with Crippen LogP contribution >= 0.6 is 11.8 Å². The minimum absolute atomic E-state index is 0.157. The van der Waals surface area contributed by atoms with Gasteiger partial charge in [0.25, 0.3) is 0 Å². The van der Waals surface area contributed by atoms with Crippen molar-refractivity contribution < 1.29 is 17.9 Å². The maximum atomic E-state index is 12.5. The lowest BCUT2D eigenvalue weighted by molar-refractivity contribution is -0.151. The molecular weight excluding hydrogens is 310 g/mol. The number of hydrogen-bond acceptors (Lipinski definition) is 6. The molecule has 122 valence electrons. The van der Waals surface area contributed by atoms with Crippen molar-refractivity contribution in [3.63, 3.8) is 0 Å². The summed E-state index contributed by atoms with van der Waals surface area (Å²) in [5.41, 5.74) is -0.612. The molecule has 0 aromatic heterocycles. The monoisotopic (exact) mass is 335 g/mol. The number of carbonyl (C=O) groups is 1. The Balaban J connectivity index is 1.97. The van der Waals surface area contributed by atoms with E-state index in [1.54, 1.807) is 0 Å². The summed E-state index contributed by atoms with van der Waals surface area (Å²) in [4.78, 5) is 12.5. The summed E-state index contributed by atoms with van der Waals surface area (Å²) in [5, 5.41) is 3.50. The van der Waals surface area contributed by atoms with Crippen LogP contribution in [0.25, 0.3) is 0 Å². The summed E-state index contributed by atoms with van der Waals surface area (Å²) in [7, 11) is -2.95. The molecule has 2 aliphatic carbocycles. The van der Waals surface area contributed by atoms with Gasteiger partial charge < -0.3 is 4.74 Å². The molecular formula is C14H25NO4S2. The van der Waals surface area contributed by atoms with Gasteiger partial charge in [0.15, 0.2) is 0 Å². The van der Waals surface area contributed by atoms with Crippen molar-refractivity contribution in [1.29, 1.82) is 0 Å². The molecule has 0 aromatic carbocycles. The average molecular weight is 335 g/mol. The van der Waals surface area contributed by atoms with E-state index in [-0.39, 0.29) is 11.7 Å². The van der Waals surface area contributed by atoms with Crippen LogP contribution in [-0.4, -0.2) is 56.1 Å². The molecule has 0 aliphatic heterocycles. The van der Waals surface area contributed by atoms with Gasteiger partial charge in [0.1, 0.15) is 15.4 Å². The summed E-state index contributed by atoms with van der Waals surface area (Å²) >= 11 is 1.54. The minimum Gasteiger partial charge on any atom is -0.465 e. The van der Waals surface area contributed by atoms with Crippen LogP contribution in [0.1, 0.15) is 32.6 Å². The number of ether oxygens (including phenoxy) is 1. The van der Waals surface area contributed by atoms with Crippen molar-refractivity contribution in [2.45, 2.75) is 44.2 Å². The van der Waals surface area contributed by atoms with Crippen molar-refractivity contribution >= 4 is 27.6 Å². The Hall–Kier alpha value is -0.270. The number of nitrogens with one attached hydrogen (secondary N) is 1. The van der Waals surface area contributed by atoms with E-state index >= 15 is 0 Å². The fourth-order valence-electron chi connectivity index (χ4n) is 2.43. The van der Waals surface area contributed by atoms with Gasteiger partial charge in [0, 0.05) is 23.8 Å². The summed E-state index contributed by atoms with van der Waals surface area (Å²) in [6, 6.07) is 0.422. The van der Waals surface area contributed by atoms with E-state index in [1.165, 1.54) is 18.0 Å². The zero-order valence-corrected chi connectivity index (χ0v) is 14.4. The highest BCUT2D eigenvalue weighted by atomic mass is 32.2. The van der Waals surface area contributed by atoms with Crippen molar-refractivity contribution in [1.82, 2.24) is 5.32 Å². The zero-order chi connectivity index (χ0) is 15.5. The van der Waals surface area contributed by atoms with Crippen LogP contribution in [0.2, 0.25) is 0 Å². The molecule has 5 nitrogen and oxygen atoms in total. The molecule has 1 N–H and O–H groups in total. The molecule has 2 saturated carbocycles. The Morgan fingerprint density at radius 3 is 2.48 bits per heavy atom. The number of hydrogen-bond donors (Lipinski definition) is 1. The lowest BCUT2D eigenvalue weighted by Gasteiger charge is -2.32. The van der Waals surface area contributed by atoms with Gasteiger partial charge in [0.05, 0.1) is 12.4 Å². The third-order valence-corrected chi connectivity index (χ3v) is 6.24. The highest BCUT2D eigenvalue weighted by Crippen LogP contribution is 2.44. The molecule has 0 aromatic rings. The van der Waals surface area contributed by atoms with Gasteiger partial charge in [-0.05, 0) is 38.5 Å². The molecule has 0 bridgehead atoms. The van der Waals surface area contributed by atoms with E-state index in [9.17, 15) is 13.2 Å². The van der Waals surface area contributed by atoms with Gasteiger partial charge in [-0.25, -0.2) is 8.42 Å². The zero-order valence-electron chi connectivity index (χ0n) is 12.8. The number of sulfone groups is 1. The molecule has 7 heteroatoms. The summed E-state index contributed by atoms with van der Waals surface area (Å²) in [6.45, 7) is 2.21. The fraction of sp³-hybridized carbons (Fsp3) is 0.929. The lowest BCUT2D eigenvalue weighted by Crippen LogP contribution is -2.58. The molecule has 21 heavy (non-hydrogen) atoms. The second-order valence-corrected chi connectivity index (χ2v) is 9.43. The second-order valence-electron chi connectivity index (χ2n) is 6.07. The van der Waals surface area contributed by atoms with Crippen LogP contribution in [0.15, 0.2) is 0 Å². The van der Waals surface area contributed by atoms with Gasteiger partial charge in [0.2, 0.25) is 0 Å². The molecule has 1 unspecified atom stereocenters. The Bertz CT molecular complexity index is 471. The van der Waals surface area contributed by atoms with Crippen LogP contribution in [0.4, 0.5) is 0 Å². The van der Waals surface area contributed by atoms with Crippen molar-refractivity contribution in [2.75, 3.05) is 30.1 Å². The van der Waals surface area contributed by atoms with Crippen LogP contribution in [0.5, 0.6) is 0 Å². The average Bonchev–Trinajstić information content (AvgIpc) is 3.25. The van der Waals surface area contributed by atoms with Gasteiger partial charge in [-0.3, -0.25) is 10.1 Å². The number of esters is 1. The molecule has 0 saturated heterocycles. The third kappa shape index (κ3) is 5.14. The predicted octanol–water partition coefficient (Wildman–Crippen LogP) is 1.23. The van der Waals surface area contributed by atoms with Crippen LogP contribution in [0.3, 0.4) is 0 Å². The second kappa shape index (κ2) is 6.87. The van der Waals surface area contributed by atoms with Gasteiger partial charge in [-0.15, -0.1) is 0 Å². The van der Waals surface area contributed by atoms with E-state index < -0.39 is 15.4 Å².